The van der Waals surface area contributed by atoms with Gasteiger partial charge >= 0.3 is 5.97 Å². The minimum atomic E-state index is -2.11. The molecule has 1 amide bonds. The Morgan fingerprint density at radius 3 is 2.60 bits per heavy atom. The van der Waals surface area contributed by atoms with Gasteiger partial charge in [0.1, 0.15) is 5.82 Å². The van der Waals surface area contributed by atoms with E-state index in [1.54, 1.807) is 0 Å². The van der Waals surface area contributed by atoms with E-state index in [0.29, 0.717) is 6.07 Å². The van der Waals surface area contributed by atoms with Gasteiger partial charge in [0.2, 0.25) is 0 Å². The van der Waals surface area contributed by atoms with E-state index < -0.39 is 42.3 Å². The molecule has 110 valence electrons. The summed E-state index contributed by atoms with van der Waals surface area (Å²) >= 11 is 0. The Bertz CT molecular complexity index is 519. The standard InChI is InChI=1S/C12H13F2NO5/c1-12(19,11(17)18)6-15-10(16)5-20-9-3-2-7(13)4-8(9)14/h2-4,19H,5-6H2,1H3,(H,15,16)(H,17,18). The molecule has 1 aromatic rings. The Balaban J connectivity index is 2.46. The van der Waals surface area contributed by atoms with Crippen LogP contribution in [0.1, 0.15) is 6.92 Å². The molecule has 8 heteroatoms. The molecule has 1 unspecified atom stereocenters. The summed E-state index contributed by atoms with van der Waals surface area (Å²) in [6, 6.07) is 2.58. The third-order valence-electron chi connectivity index (χ3n) is 2.34. The van der Waals surface area contributed by atoms with Gasteiger partial charge in [-0.3, -0.25) is 4.79 Å². The van der Waals surface area contributed by atoms with Crippen molar-refractivity contribution >= 4 is 11.9 Å². The number of ether oxygens (including phenoxy) is 1. The highest BCUT2D eigenvalue weighted by molar-refractivity contribution is 5.80. The lowest BCUT2D eigenvalue weighted by Gasteiger charge is -2.18. The first-order chi connectivity index (χ1) is 9.22. The van der Waals surface area contributed by atoms with Gasteiger partial charge in [0, 0.05) is 6.07 Å². The van der Waals surface area contributed by atoms with Crippen molar-refractivity contribution < 1.29 is 33.3 Å². The highest BCUT2D eigenvalue weighted by Gasteiger charge is 2.30. The van der Waals surface area contributed by atoms with Crippen LogP contribution in [-0.2, 0) is 9.59 Å². The van der Waals surface area contributed by atoms with Gasteiger partial charge in [-0.25, -0.2) is 13.6 Å². The third kappa shape index (κ3) is 4.47. The number of hydrogen-bond acceptors (Lipinski definition) is 4. The highest BCUT2D eigenvalue weighted by Crippen LogP contribution is 2.17. The number of aliphatic hydroxyl groups is 1. The number of amides is 1. The summed E-state index contributed by atoms with van der Waals surface area (Å²) < 4.78 is 30.6. The predicted octanol–water partition coefficient (Wildman–Crippen LogP) is 0.295. The molecule has 0 bridgehead atoms. The number of nitrogens with one attached hydrogen (secondary N) is 1. The van der Waals surface area contributed by atoms with Gasteiger partial charge in [-0.05, 0) is 19.1 Å². The average molecular weight is 289 g/mol. The number of carboxylic acid groups (broad SMARTS) is 1. The molecule has 1 rings (SSSR count). The van der Waals surface area contributed by atoms with Gasteiger partial charge in [-0.2, -0.15) is 0 Å². The SMILES string of the molecule is CC(O)(CNC(=O)COc1ccc(F)cc1F)C(=O)O. The van der Waals surface area contributed by atoms with Gasteiger partial charge in [-0.15, -0.1) is 0 Å². The first kappa shape index (κ1) is 15.8. The Kier molecular flexibility index (Phi) is 4.98. The van der Waals surface area contributed by atoms with Crippen LogP contribution in [-0.4, -0.2) is 40.8 Å². The molecule has 0 spiro atoms. The van der Waals surface area contributed by atoms with Gasteiger partial charge in [-0.1, -0.05) is 0 Å². The van der Waals surface area contributed by atoms with Crippen LogP contribution in [0.15, 0.2) is 18.2 Å². The van der Waals surface area contributed by atoms with E-state index in [1.165, 1.54) is 0 Å². The molecule has 0 heterocycles. The van der Waals surface area contributed by atoms with Gasteiger partial charge in [0.05, 0.1) is 6.54 Å². The van der Waals surface area contributed by atoms with Crippen molar-refractivity contribution in [2.24, 2.45) is 0 Å². The van der Waals surface area contributed by atoms with E-state index in [1.807, 2.05) is 0 Å². The molecule has 0 fully saturated rings. The number of carbonyl (C=O) groups is 2. The molecule has 1 atom stereocenters. The van der Waals surface area contributed by atoms with E-state index in [0.717, 1.165) is 19.1 Å². The molecule has 0 saturated heterocycles. The number of aliphatic carboxylic acids is 1. The zero-order valence-electron chi connectivity index (χ0n) is 10.5. The molecule has 0 saturated carbocycles. The zero-order valence-corrected chi connectivity index (χ0v) is 10.5. The monoisotopic (exact) mass is 289 g/mol. The van der Waals surface area contributed by atoms with Gasteiger partial charge in [0.25, 0.3) is 5.91 Å². The number of carboxylic acids is 1. The smallest absolute Gasteiger partial charge is 0.337 e. The fraction of sp³-hybridized carbons (Fsp3) is 0.333. The van der Waals surface area contributed by atoms with Crippen molar-refractivity contribution in [3.8, 4) is 5.75 Å². The average Bonchev–Trinajstić information content (AvgIpc) is 2.35. The summed E-state index contributed by atoms with van der Waals surface area (Å²) in [5, 5.41) is 20.1. The highest BCUT2D eigenvalue weighted by atomic mass is 19.1. The maximum atomic E-state index is 13.2. The van der Waals surface area contributed by atoms with Crippen LogP contribution < -0.4 is 10.1 Å². The van der Waals surface area contributed by atoms with Crippen molar-refractivity contribution in [3.63, 3.8) is 0 Å². The van der Waals surface area contributed by atoms with Crippen LogP contribution in [0, 0.1) is 11.6 Å². The van der Waals surface area contributed by atoms with Crippen LogP contribution in [0.2, 0.25) is 0 Å². The molecule has 20 heavy (non-hydrogen) atoms. The van der Waals surface area contributed by atoms with Crippen molar-refractivity contribution in [2.75, 3.05) is 13.2 Å². The van der Waals surface area contributed by atoms with Crippen molar-refractivity contribution in [1.82, 2.24) is 5.32 Å². The second-order valence-corrected chi connectivity index (χ2v) is 4.22. The number of rotatable bonds is 6. The Morgan fingerprint density at radius 1 is 1.40 bits per heavy atom. The van der Waals surface area contributed by atoms with Gasteiger partial charge < -0.3 is 20.3 Å². The van der Waals surface area contributed by atoms with Crippen LogP contribution in [0.25, 0.3) is 0 Å². The molecular weight excluding hydrogens is 276 g/mol. The molecule has 0 aliphatic rings. The van der Waals surface area contributed by atoms with Gasteiger partial charge in [0.15, 0.2) is 23.8 Å². The summed E-state index contributed by atoms with van der Waals surface area (Å²) in [7, 11) is 0. The number of hydrogen-bond donors (Lipinski definition) is 3. The molecule has 0 aromatic heterocycles. The minimum absolute atomic E-state index is 0.313. The first-order valence-electron chi connectivity index (χ1n) is 5.52. The van der Waals surface area contributed by atoms with Crippen molar-refractivity contribution in [3.05, 3.63) is 29.8 Å². The Morgan fingerprint density at radius 2 is 2.05 bits per heavy atom. The lowest BCUT2D eigenvalue weighted by Crippen LogP contribution is -2.47. The number of halogens is 2. The fourth-order valence-electron chi connectivity index (χ4n) is 1.13. The quantitative estimate of drug-likeness (QED) is 0.700. The predicted molar refractivity (Wildman–Crippen MR) is 63.1 cm³/mol. The van der Waals surface area contributed by atoms with Crippen LogP contribution in [0.3, 0.4) is 0 Å². The largest absolute Gasteiger partial charge is 0.481 e. The molecule has 0 aliphatic carbocycles. The second kappa shape index (κ2) is 6.29. The molecular formula is C12H13F2NO5. The molecule has 0 aliphatic heterocycles. The molecule has 0 radical (unpaired) electrons. The lowest BCUT2D eigenvalue weighted by molar-refractivity contribution is -0.156. The van der Waals surface area contributed by atoms with E-state index in [-0.39, 0.29) is 5.75 Å². The topological polar surface area (TPSA) is 95.9 Å². The minimum Gasteiger partial charge on any atom is -0.481 e. The summed E-state index contributed by atoms with van der Waals surface area (Å²) in [6.07, 6.45) is 0. The molecule has 3 N–H and O–H groups in total. The third-order valence-corrected chi connectivity index (χ3v) is 2.34. The summed E-state index contributed by atoms with van der Waals surface area (Å²) in [5.74, 6) is -4.31. The second-order valence-electron chi connectivity index (χ2n) is 4.22. The number of carbonyl (C=O) groups excluding carboxylic acids is 1. The van der Waals surface area contributed by atoms with Crippen molar-refractivity contribution in [2.45, 2.75) is 12.5 Å². The maximum Gasteiger partial charge on any atom is 0.337 e. The Hall–Kier alpha value is -2.22. The maximum absolute atomic E-state index is 13.2. The summed E-state index contributed by atoms with van der Waals surface area (Å²) in [5.41, 5.74) is -2.11. The van der Waals surface area contributed by atoms with Crippen LogP contribution in [0.5, 0.6) is 5.75 Å². The van der Waals surface area contributed by atoms with Crippen molar-refractivity contribution in [1.29, 1.82) is 0 Å². The van der Waals surface area contributed by atoms with E-state index in [9.17, 15) is 23.5 Å². The summed E-state index contributed by atoms with van der Waals surface area (Å²) in [6.45, 7) is -0.120. The molecule has 1 aromatic carbocycles. The first-order valence-corrected chi connectivity index (χ1v) is 5.52. The van der Waals surface area contributed by atoms with E-state index in [4.69, 9.17) is 9.84 Å². The van der Waals surface area contributed by atoms with E-state index >= 15 is 0 Å². The zero-order chi connectivity index (χ0) is 15.3. The molecule has 6 nitrogen and oxygen atoms in total. The number of benzene rings is 1. The van der Waals surface area contributed by atoms with Crippen LogP contribution in [0.4, 0.5) is 8.78 Å². The summed E-state index contributed by atoms with van der Waals surface area (Å²) in [4.78, 5) is 21.9. The van der Waals surface area contributed by atoms with E-state index in [2.05, 4.69) is 5.32 Å². The lowest BCUT2D eigenvalue weighted by atomic mass is 10.1. The fourth-order valence-corrected chi connectivity index (χ4v) is 1.13. The normalized spacial score (nSPS) is 13.4. The van der Waals surface area contributed by atoms with Crippen LogP contribution >= 0.6 is 0 Å². The Labute approximate surface area is 113 Å².